The molecule has 0 spiro atoms. The van der Waals surface area contributed by atoms with Crippen LogP contribution in [-0.2, 0) is 20.7 Å². The number of nitriles is 1. The monoisotopic (exact) mass is 539 g/mol. The van der Waals surface area contributed by atoms with Gasteiger partial charge in [-0.3, -0.25) is 4.79 Å². The van der Waals surface area contributed by atoms with Gasteiger partial charge in [-0.15, -0.1) is 11.3 Å². The molecule has 2 aromatic rings. The quantitative estimate of drug-likeness (QED) is 0.276. The maximum atomic E-state index is 12.9. The SMILES string of the molecule is CCOC(=O)c1sc(CC(=O)/C(C#N)=C/c2cc(Cl)cc(Br)c2O)c(C(=O)OCC)c1C. The largest absolute Gasteiger partial charge is 0.506 e. The highest BCUT2D eigenvalue weighted by Gasteiger charge is 2.28. The number of phenols is 1. The standard InChI is InChI=1S/C22H19BrClNO6S/c1-4-30-21(28)18-11(3)20(22(29)31-5-2)32-17(18)9-16(26)13(10-25)6-12-7-14(24)8-15(23)19(12)27/h6-8,27H,4-5,9H2,1-3H3/b13-6+. The maximum Gasteiger partial charge on any atom is 0.348 e. The maximum absolute atomic E-state index is 12.9. The van der Waals surface area contributed by atoms with Crippen molar-refractivity contribution in [3.05, 3.63) is 53.6 Å². The van der Waals surface area contributed by atoms with E-state index in [0.29, 0.717) is 15.1 Å². The van der Waals surface area contributed by atoms with Crippen LogP contribution in [0, 0.1) is 18.3 Å². The van der Waals surface area contributed by atoms with Crippen molar-refractivity contribution >= 4 is 62.7 Å². The van der Waals surface area contributed by atoms with Crippen molar-refractivity contribution < 1.29 is 29.0 Å². The molecular formula is C22H19BrClNO6S. The minimum Gasteiger partial charge on any atom is -0.506 e. The molecule has 0 fully saturated rings. The molecule has 0 aliphatic carbocycles. The van der Waals surface area contributed by atoms with Gasteiger partial charge in [-0.1, -0.05) is 11.6 Å². The second-order valence-electron chi connectivity index (χ2n) is 6.39. The van der Waals surface area contributed by atoms with Crippen LogP contribution in [0.2, 0.25) is 5.02 Å². The Bertz CT molecular complexity index is 1150. The number of carbonyl (C=O) groups is 3. The van der Waals surface area contributed by atoms with E-state index in [1.807, 2.05) is 6.07 Å². The number of esters is 2. The molecular weight excluding hydrogens is 522 g/mol. The van der Waals surface area contributed by atoms with Gasteiger partial charge in [0, 0.05) is 21.9 Å². The predicted octanol–water partition coefficient (Wildman–Crippen LogP) is 5.25. The van der Waals surface area contributed by atoms with Crippen molar-refractivity contribution in [2.75, 3.05) is 13.2 Å². The Balaban J connectivity index is 2.49. The third-order valence-corrected chi connectivity index (χ3v) is 6.35. The Morgan fingerprint density at radius 3 is 2.44 bits per heavy atom. The molecule has 168 valence electrons. The topological polar surface area (TPSA) is 114 Å². The Hall–Kier alpha value is -2.67. The van der Waals surface area contributed by atoms with E-state index in [1.54, 1.807) is 20.8 Å². The first-order chi connectivity index (χ1) is 15.1. The van der Waals surface area contributed by atoms with Crippen molar-refractivity contribution in [1.82, 2.24) is 0 Å². The molecule has 0 saturated heterocycles. The van der Waals surface area contributed by atoms with Crippen molar-refractivity contribution in [3.8, 4) is 11.8 Å². The summed E-state index contributed by atoms with van der Waals surface area (Å²) >= 11 is 10.1. The Morgan fingerprint density at radius 1 is 1.22 bits per heavy atom. The number of nitrogens with zero attached hydrogens (tertiary/aromatic N) is 1. The van der Waals surface area contributed by atoms with E-state index in [2.05, 4.69) is 15.9 Å². The van der Waals surface area contributed by atoms with Crippen LogP contribution in [0.1, 0.15) is 49.9 Å². The first kappa shape index (κ1) is 25.6. The molecule has 0 saturated carbocycles. The minimum atomic E-state index is -0.668. The van der Waals surface area contributed by atoms with Gasteiger partial charge in [-0.25, -0.2) is 9.59 Å². The molecule has 1 aromatic heterocycles. The number of thiophene rings is 1. The minimum absolute atomic E-state index is 0.110. The summed E-state index contributed by atoms with van der Waals surface area (Å²) in [6.45, 7) is 5.14. The Morgan fingerprint density at radius 2 is 1.84 bits per heavy atom. The number of hydrogen-bond acceptors (Lipinski definition) is 8. The lowest BCUT2D eigenvalue weighted by molar-refractivity contribution is -0.114. The van der Waals surface area contributed by atoms with E-state index in [4.69, 9.17) is 21.1 Å². The van der Waals surface area contributed by atoms with Gasteiger partial charge in [0.25, 0.3) is 0 Å². The lowest BCUT2D eigenvalue weighted by atomic mass is 10.0. The zero-order valence-electron chi connectivity index (χ0n) is 17.5. The summed E-state index contributed by atoms with van der Waals surface area (Å²) in [5.41, 5.74) is 0.384. The molecule has 0 aliphatic rings. The Labute approximate surface area is 202 Å². The second-order valence-corrected chi connectivity index (χ2v) is 8.79. The highest BCUT2D eigenvalue weighted by Crippen LogP contribution is 2.34. The summed E-state index contributed by atoms with van der Waals surface area (Å²) in [6.07, 6.45) is 0.895. The number of carbonyl (C=O) groups excluding carboxylic acids is 3. The number of Topliss-reactive ketones (excluding diaryl/α,β-unsaturated/α-hetero) is 1. The molecule has 0 amide bonds. The summed E-state index contributed by atoms with van der Waals surface area (Å²) in [4.78, 5) is 38.1. The fourth-order valence-corrected chi connectivity index (χ4v) is 4.85. The van der Waals surface area contributed by atoms with Crippen molar-refractivity contribution in [1.29, 1.82) is 5.26 Å². The van der Waals surface area contributed by atoms with Gasteiger partial charge in [0.05, 0.1) is 28.8 Å². The number of rotatable bonds is 8. The van der Waals surface area contributed by atoms with E-state index >= 15 is 0 Å². The summed E-state index contributed by atoms with van der Waals surface area (Å²) < 4.78 is 10.4. The normalized spacial score (nSPS) is 11.1. The average Bonchev–Trinajstić information content (AvgIpc) is 3.05. The van der Waals surface area contributed by atoms with Gasteiger partial charge >= 0.3 is 11.9 Å². The van der Waals surface area contributed by atoms with E-state index in [0.717, 1.165) is 11.3 Å². The highest BCUT2D eigenvalue weighted by atomic mass is 79.9. The number of phenolic OH excluding ortho intramolecular Hbond substituents is 1. The van der Waals surface area contributed by atoms with Crippen LogP contribution in [0.3, 0.4) is 0 Å². The van der Waals surface area contributed by atoms with Crippen LogP contribution >= 0.6 is 38.9 Å². The van der Waals surface area contributed by atoms with Gasteiger partial charge < -0.3 is 14.6 Å². The fraction of sp³-hybridized carbons (Fsp3) is 0.273. The number of hydrogen-bond donors (Lipinski definition) is 1. The molecule has 7 nitrogen and oxygen atoms in total. The molecule has 1 heterocycles. The number of ether oxygens (including phenoxy) is 2. The fourth-order valence-electron chi connectivity index (χ4n) is 2.83. The number of ketones is 1. The number of aromatic hydroxyl groups is 1. The molecule has 0 aliphatic heterocycles. The third-order valence-electron chi connectivity index (χ3n) is 4.26. The average molecular weight is 541 g/mol. The van der Waals surface area contributed by atoms with E-state index in [-0.39, 0.29) is 51.8 Å². The van der Waals surface area contributed by atoms with Crippen molar-refractivity contribution in [3.63, 3.8) is 0 Å². The number of benzene rings is 1. The number of halogens is 2. The molecule has 10 heteroatoms. The zero-order chi connectivity index (χ0) is 24.0. The summed E-state index contributed by atoms with van der Waals surface area (Å²) in [6, 6.07) is 4.69. The van der Waals surface area contributed by atoms with Gasteiger partial charge in [0.1, 0.15) is 16.7 Å². The molecule has 1 N–H and O–H groups in total. The molecule has 2 rings (SSSR count). The smallest absolute Gasteiger partial charge is 0.348 e. The van der Waals surface area contributed by atoms with Crippen LogP contribution in [0.25, 0.3) is 6.08 Å². The van der Waals surface area contributed by atoms with Crippen molar-refractivity contribution in [2.24, 2.45) is 0 Å². The van der Waals surface area contributed by atoms with E-state index in [1.165, 1.54) is 18.2 Å². The van der Waals surface area contributed by atoms with E-state index < -0.39 is 17.7 Å². The van der Waals surface area contributed by atoms with Crippen LogP contribution in [0.15, 0.2) is 22.2 Å². The van der Waals surface area contributed by atoms with Gasteiger partial charge in [0.15, 0.2) is 5.78 Å². The highest BCUT2D eigenvalue weighted by molar-refractivity contribution is 9.10. The molecule has 0 bridgehead atoms. The molecule has 32 heavy (non-hydrogen) atoms. The molecule has 0 unspecified atom stereocenters. The predicted molar refractivity (Wildman–Crippen MR) is 124 cm³/mol. The van der Waals surface area contributed by atoms with Gasteiger partial charge in [0.2, 0.25) is 0 Å². The first-order valence-electron chi connectivity index (χ1n) is 9.43. The third kappa shape index (κ3) is 5.76. The summed E-state index contributed by atoms with van der Waals surface area (Å²) in [5, 5.41) is 20.0. The summed E-state index contributed by atoms with van der Waals surface area (Å²) in [7, 11) is 0. The molecule has 0 radical (unpaired) electrons. The first-order valence-corrected chi connectivity index (χ1v) is 11.4. The van der Waals surface area contributed by atoms with Crippen LogP contribution in [-0.4, -0.2) is 36.0 Å². The van der Waals surface area contributed by atoms with Crippen LogP contribution in [0.4, 0.5) is 0 Å². The number of allylic oxidation sites excluding steroid dienone is 1. The van der Waals surface area contributed by atoms with Crippen LogP contribution in [0.5, 0.6) is 5.75 Å². The lowest BCUT2D eigenvalue weighted by Gasteiger charge is -2.06. The van der Waals surface area contributed by atoms with Crippen molar-refractivity contribution in [2.45, 2.75) is 27.2 Å². The second kappa shape index (κ2) is 11.3. The summed E-state index contributed by atoms with van der Waals surface area (Å²) in [5.74, 6) is -2.06. The Kier molecular flexibility index (Phi) is 9.01. The van der Waals surface area contributed by atoms with E-state index in [9.17, 15) is 24.8 Å². The van der Waals surface area contributed by atoms with Gasteiger partial charge in [-0.2, -0.15) is 5.26 Å². The van der Waals surface area contributed by atoms with Gasteiger partial charge in [-0.05, 0) is 60.5 Å². The lowest BCUT2D eigenvalue weighted by Crippen LogP contribution is -2.12. The van der Waals surface area contributed by atoms with Crippen LogP contribution < -0.4 is 0 Å². The molecule has 0 atom stereocenters. The molecule has 1 aromatic carbocycles. The zero-order valence-corrected chi connectivity index (χ0v) is 20.6.